The minimum atomic E-state index is -0.0834. The molecule has 0 heterocycles. The summed E-state index contributed by atoms with van der Waals surface area (Å²) >= 11 is 0. The molecule has 0 aliphatic rings. The van der Waals surface area contributed by atoms with Gasteiger partial charge in [-0.3, -0.25) is 4.79 Å². The molecule has 3 aromatic rings. The second kappa shape index (κ2) is 6.89. The number of nitrogens with zero attached hydrogens (tertiary/aromatic N) is 1. The Morgan fingerprint density at radius 2 is 1.64 bits per heavy atom. The third-order valence-electron chi connectivity index (χ3n) is 4.52. The van der Waals surface area contributed by atoms with Crippen molar-refractivity contribution in [2.45, 2.75) is 32.6 Å². The average molecular weight is 336 g/mol. The lowest BCUT2D eigenvalue weighted by Gasteiger charge is -2.14. The molecule has 3 N–H and O–H groups in total. The number of carbonyl (C=O) groups excluding carboxylic acids is 1. The first-order valence-electron chi connectivity index (χ1n) is 8.40. The first-order valence-corrected chi connectivity index (χ1v) is 8.40. The molecule has 25 heavy (non-hydrogen) atoms. The molecule has 0 aliphatic carbocycles. The fourth-order valence-electron chi connectivity index (χ4n) is 3.24. The van der Waals surface area contributed by atoms with Gasteiger partial charge in [0.05, 0.1) is 11.1 Å². The number of phenols is 2. The van der Waals surface area contributed by atoms with Crippen LogP contribution in [0.4, 0.5) is 5.69 Å². The summed E-state index contributed by atoms with van der Waals surface area (Å²) in [4.78, 5) is 12.7. The van der Waals surface area contributed by atoms with E-state index in [4.69, 9.17) is 5.53 Å². The van der Waals surface area contributed by atoms with Crippen LogP contribution in [0, 0.1) is 5.53 Å². The van der Waals surface area contributed by atoms with Crippen LogP contribution in [-0.4, -0.2) is 16.0 Å². The number of benzene rings is 3. The number of unbranched alkanes of at least 4 members (excludes halogenated alkanes) is 2. The Balaban J connectivity index is 2.33. The van der Waals surface area contributed by atoms with Crippen LogP contribution < -0.4 is 0 Å². The number of hydrogen-bond donors (Lipinski definition) is 3. The number of phenolic OH excluding ortho intramolecular Hbond substituents is 2. The van der Waals surface area contributed by atoms with E-state index in [1.54, 1.807) is 30.3 Å². The molecule has 0 bridgehead atoms. The van der Waals surface area contributed by atoms with Crippen LogP contribution in [0.3, 0.4) is 0 Å². The predicted octanol–water partition coefficient (Wildman–Crippen LogP) is 5.83. The Kier molecular flexibility index (Phi) is 4.65. The lowest BCUT2D eigenvalue weighted by molar-refractivity contribution is 0.0980. The van der Waals surface area contributed by atoms with E-state index in [1.807, 2.05) is 0 Å². The van der Waals surface area contributed by atoms with Crippen molar-refractivity contribution in [3.8, 4) is 11.5 Å². The van der Waals surface area contributed by atoms with E-state index >= 15 is 0 Å². The number of carbonyl (C=O) groups is 1. The Morgan fingerprint density at radius 3 is 2.24 bits per heavy atom. The summed E-state index contributed by atoms with van der Waals surface area (Å²) in [7, 11) is 0. The van der Waals surface area contributed by atoms with Crippen molar-refractivity contribution in [2.24, 2.45) is 5.11 Å². The lowest BCUT2D eigenvalue weighted by Crippen LogP contribution is -2.01. The third-order valence-corrected chi connectivity index (χ3v) is 4.52. The summed E-state index contributed by atoms with van der Waals surface area (Å²) < 4.78 is 0. The van der Waals surface area contributed by atoms with Gasteiger partial charge in [-0.25, -0.2) is 5.53 Å². The molecule has 5 nitrogen and oxygen atoms in total. The Bertz CT molecular complexity index is 980. The first-order chi connectivity index (χ1) is 12.1. The van der Waals surface area contributed by atoms with Gasteiger partial charge in [-0.15, -0.1) is 0 Å². The number of hydrogen-bond acceptors (Lipinski definition) is 5. The van der Waals surface area contributed by atoms with Gasteiger partial charge < -0.3 is 10.2 Å². The monoisotopic (exact) mass is 336 g/mol. The van der Waals surface area contributed by atoms with Crippen LogP contribution >= 0.6 is 0 Å². The van der Waals surface area contributed by atoms with Gasteiger partial charge in [-0.2, -0.15) is 5.11 Å². The molecule has 0 aromatic heterocycles. The number of rotatable bonds is 6. The van der Waals surface area contributed by atoms with Gasteiger partial charge in [-0.1, -0.05) is 44.0 Å². The molecule has 0 saturated heterocycles. The van der Waals surface area contributed by atoms with Crippen LogP contribution in [-0.2, 0) is 0 Å². The zero-order valence-corrected chi connectivity index (χ0v) is 14.0. The van der Waals surface area contributed by atoms with Gasteiger partial charge in [0.25, 0.3) is 0 Å². The van der Waals surface area contributed by atoms with Crippen LogP contribution in [0.15, 0.2) is 41.5 Å². The van der Waals surface area contributed by atoms with Crippen LogP contribution in [0.25, 0.3) is 21.5 Å². The summed E-state index contributed by atoms with van der Waals surface area (Å²) in [6, 6.07) is 10.0. The molecule has 0 radical (unpaired) electrons. The Hall–Kier alpha value is -2.95. The van der Waals surface area contributed by atoms with Crippen LogP contribution in [0.1, 0.15) is 43.0 Å². The minimum absolute atomic E-state index is 0.0623. The summed E-state index contributed by atoms with van der Waals surface area (Å²) in [5.74, 6) is -0.217. The fourth-order valence-corrected chi connectivity index (χ4v) is 3.24. The molecule has 0 unspecified atom stereocenters. The minimum Gasteiger partial charge on any atom is -0.507 e. The summed E-state index contributed by atoms with van der Waals surface area (Å²) in [5, 5.41) is 26.4. The van der Waals surface area contributed by atoms with Crippen molar-refractivity contribution >= 4 is 33.0 Å². The molecule has 3 rings (SSSR count). The maximum Gasteiger partial charge on any atom is 0.163 e. The van der Waals surface area contributed by atoms with Crippen molar-refractivity contribution in [3.05, 3.63) is 42.0 Å². The quantitative estimate of drug-likeness (QED) is 0.174. The number of nitrogens with one attached hydrogen (secondary N) is 1. The molecule has 0 atom stereocenters. The zero-order chi connectivity index (χ0) is 18.0. The van der Waals surface area contributed by atoms with Gasteiger partial charge in [0.2, 0.25) is 0 Å². The van der Waals surface area contributed by atoms with E-state index in [-0.39, 0.29) is 33.7 Å². The lowest BCUT2D eigenvalue weighted by atomic mass is 9.93. The van der Waals surface area contributed by atoms with E-state index in [0.717, 1.165) is 19.3 Å². The molecule has 0 spiro atoms. The number of ketones is 1. The highest BCUT2D eigenvalue weighted by Crippen LogP contribution is 2.46. The smallest absolute Gasteiger partial charge is 0.163 e. The van der Waals surface area contributed by atoms with Crippen molar-refractivity contribution in [1.82, 2.24) is 0 Å². The van der Waals surface area contributed by atoms with Crippen molar-refractivity contribution in [1.29, 1.82) is 5.53 Å². The molecule has 5 heteroatoms. The number of Topliss-reactive ketones (excluding diaryl/α,β-unsaturated/α-hetero) is 1. The maximum absolute atomic E-state index is 12.7. The number of aromatic hydroxyl groups is 2. The van der Waals surface area contributed by atoms with E-state index < -0.39 is 0 Å². The normalized spacial score (nSPS) is 11.1. The van der Waals surface area contributed by atoms with E-state index in [9.17, 15) is 15.0 Å². The van der Waals surface area contributed by atoms with E-state index in [1.165, 1.54) is 6.07 Å². The maximum atomic E-state index is 12.7. The molecule has 0 fully saturated rings. The first kappa shape index (κ1) is 16.9. The number of fused-ring (bicyclic) bond motifs is 2. The van der Waals surface area contributed by atoms with Crippen molar-refractivity contribution < 1.29 is 15.0 Å². The van der Waals surface area contributed by atoms with E-state index in [0.29, 0.717) is 22.8 Å². The van der Waals surface area contributed by atoms with Gasteiger partial charge in [0.1, 0.15) is 11.5 Å². The summed E-state index contributed by atoms with van der Waals surface area (Å²) in [6.07, 6.45) is 3.14. The second-order valence-corrected chi connectivity index (χ2v) is 6.12. The van der Waals surface area contributed by atoms with Gasteiger partial charge in [0, 0.05) is 28.1 Å². The predicted molar refractivity (Wildman–Crippen MR) is 98.1 cm³/mol. The van der Waals surface area contributed by atoms with Gasteiger partial charge >= 0.3 is 0 Å². The third kappa shape index (κ3) is 2.82. The second-order valence-electron chi connectivity index (χ2n) is 6.12. The molecule has 0 amide bonds. The fraction of sp³-hybridized carbons (Fsp3) is 0.250. The molecule has 0 aliphatic heterocycles. The largest absolute Gasteiger partial charge is 0.507 e. The van der Waals surface area contributed by atoms with Gasteiger partial charge in [-0.05, 0) is 18.6 Å². The highest BCUT2D eigenvalue weighted by molar-refractivity contribution is 6.21. The molecular formula is C20H20N2O3. The molecular weight excluding hydrogens is 316 g/mol. The van der Waals surface area contributed by atoms with E-state index in [2.05, 4.69) is 12.0 Å². The van der Waals surface area contributed by atoms with Crippen LogP contribution in [0.5, 0.6) is 11.5 Å². The molecule has 128 valence electrons. The summed E-state index contributed by atoms with van der Waals surface area (Å²) in [5.41, 5.74) is 7.94. The highest BCUT2D eigenvalue weighted by atomic mass is 16.3. The molecule has 0 saturated carbocycles. The molecule has 3 aromatic carbocycles. The highest BCUT2D eigenvalue weighted by Gasteiger charge is 2.21. The van der Waals surface area contributed by atoms with Gasteiger partial charge in [0.15, 0.2) is 5.78 Å². The zero-order valence-electron chi connectivity index (χ0n) is 14.0. The van der Waals surface area contributed by atoms with Crippen LogP contribution in [0.2, 0.25) is 0 Å². The standard InChI is InChI=1S/C20H20N2O3/c1-2-3-4-9-16(23)14-10-11-15(22-21)18-17(14)19(24)12-7-5-6-8-13(12)20(18)25/h5-8,10-11,21,24-25H,2-4,9H2,1H3. The Labute approximate surface area is 145 Å². The SMILES string of the molecule is CCCCCC(=O)c1ccc(N=N)c2c(O)c3ccccc3c(O)c12. The average Bonchev–Trinajstić information content (AvgIpc) is 2.65. The Morgan fingerprint density at radius 1 is 1.00 bits per heavy atom. The van der Waals surface area contributed by atoms with Crippen molar-refractivity contribution in [2.75, 3.05) is 0 Å². The van der Waals surface area contributed by atoms with Crippen molar-refractivity contribution in [3.63, 3.8) is 0 Å². The topological polar surface area (TPSA) is 93.7 Å². The summed E-state index contributed by atoms with van der Waals surface area (Å²) in [6.45, 7) is 2.07.